The van der Waals surface area contributed by atoms with E-state index in [2.05, 4.69) is 38.7 Å². The lowest BCUT2D eigenvalue weighted by Gasteiger charge is -2.46. The maximum Gasteiger partial charge on any atom is 0.311 e. The molecule has 3 heteroatoms. The molecule has 3 nitrogen and oxygen atoms in total. The number of allylic oxidation sites excluding steroid dienone is 1. The van der Waals surface area contributed by atoms with Crippen molar-refractivity contribution in [1.82, 2.24) is 4.90 Å². The van der Waals surface area contributed by atoms with Gasteiger partial charge in [-0.1, -0.05) is 136 Å². The minimum Gasteiger partial charge on any atom is -0.461 e. The molecule has 2 aliphatic carbocycles. The molecule has 2 fully saturated rings. The molecule has 3 aliphatic rings. The predicted octanol–water partition coefficient (Wildman–Crippen LogP) is 9.88. The Labute approximate surface area is 236 Å². The molecule has 220 valence electrons. The predicted molar refractivity (Wildman–Crippen MR) is 162 cm³/mol. The van der Waals surface area contributed by atoms with Crippen molar-refractivity contribution in [2.45, 2.75) is 162 Å². The maximum absolute atomic E-state index is 13.2. The van der Waals surface area contributed by atoms with Crippen molar-refractivity contribution in [3.05, 3.63) is 11.6 Å². The van der Waals surface area contributed by atoms with Gasteiger partial charge in [-0.3, -0.25) is 4.79 Å². The number of unbranched alkanes of at least 4 members (excludes halogenated alkanes) is 14. The third-order valence-corrected chi connectivity index (χ3v) is 10.2. The first-order valence-corrected chi connectivity index (χ1v) is 17.1. The van der Waals surface area contributed by atoms with Crippen LogP contribution in [0.4, 0.5) is 0 Å². The van der Waals surface area contributed by atoms with E-state index in [1.165, 1.54) is 122 Å². The molecule has 0 aromatic rings. The second kappa shape index (κ2) is 17.1. The first-order chi connectivity index (χ1) is 18.5. The van der Waals surface area contributed by atoms with Crippen LogP contribution in [0.2, 0.25) is 0 Å². The van der Waals surface area contributed by atoms with E-state index >= 15 is 0 Å². The molecule has 0 bridgehead atoms. The highest BCUT2D eigenvalue weighted by molar-refractivity contribution is 5.76. The molecule has 3 rings (SSSR count). The van der Waals surface area contributed by atoms with E-state index < -0.39 is 0 Å². The van der Waals surface area contributed by atoms with Gasteiger partial charge in [0.15, 0.2) is 0 Å². The smallest absolute Gasteiger partial charge is 0.311 e. The average Bonchev–Trinajstić information content (AvgIpc) is 3.18. The average molecular weight is 530 g/mol. The number of fused-ring (bicyclic) bond motifs is 2. The largest absolute Gasteiger partial charge is 0.461 e. The van der Waals surface area contributed by atoms with Gasteiger partial charge < -0.3 is 9.64 Å². The number of hydrogen-bond acceptors (Lipinski definition) is 3. The lowest BCUT2D eigenvalue weighted by atomic mass is 9.59. The van der Waals surface area contributed by atoms with Gasteiger partial charge in [-0.25, -0.2) is 0 Å². The van der Waals surface area contributed by atoms with Crippen molar-refractivity contribution in [3.63, 3.8) is 0 Å². The fourth-order valence-electron chi connectivity index (χ4n) is 7.77. The van der Waals surface area contributed by atoms with E-state index in [-0.39, 0.29) is 23.4 Å². The van der Waals surface area contributed by atoms with Gasteiger partial charge in [-0.2, -0.15) is 0 Å². The van der Waals surface area contributed by atoms with Crippen molar-refractivity contribution in [1.29, 1.82) is 0 Å². The number of hydrogen-bond donors (Lipinski definition) is 0. The van der Waals surface area contributed by atoms with Crippen molar-refractivity contribution in [2.75, 3.05) is 19.6 Å². The first-order valence-electron chi connectivity index (χ1n) is 17.1. The molecule has 0 amide bonds. The zero-order chi connectivity index (χ0) is 27.2. The Hall–Kier alpha value is -0.830. The monoisotopic (exact) mass is 529 g/mol. The molecule has 0 unspecified atom stereocenters. The van der Waals surface area contributed by atoms with Gasteiger partial charge in [0.2, 0.25) is 0 Å². The number of carbonyl (C=O) groups is 1. The highest BCUT2D eigenvalue weighted by atomic mass is 16.6. The van der Waals surface area contributed by atoms with Gasteiger partial charge in [0, 0.05) is 12.5 Å². The molecule has 1 heterocycles. The summed E-state index contributed by atoms with van der Waals surface area (Å²) in [5.74, 6) is 1.08. The van der Waals surface area contributed by atoms with Gasteiger partial charge in [0.1, 0.15) is 6.10 Å². The number of carbonyl (C=O) groups excluding carboxylic acids is 1. The van der Waals surface area contributed by atoms with Crippen LogP contribution < -0.4 is 0 Å². The molecule has 1 aliphatic heterocycles. The van der Waals surface area contributed by atoms with Crippen molar-refractivity contribution >= 4 is 5.97 Å². The summed E-state index contributed by atoms with van der Waals surface area (Å²) in [7, 11) is 0. The lowest BCUT2D eigenvalue weighted by molar-refractivity contribution is -0.145. The fourth-order valence-corrected chi connectivity index (χ4v) is 7.77. The van der Waals surface area contributed by atoms with Crippen LogP contribution in [0, 0.1) is 23.2 Å². The van der Waals surface area contributed by atoms with Gasteiger partial charge >= 0.3 is 5.97 Å². The van der Waals surface area contributed by atoms with Crippen molar-refractivity contribution < 1.29 is 9.53 Å². The quantitative estimate of drug-likeness (QED) is 0.0892. The summed E-state index contributed by atoms with van der Waals surface area (Å²) >= 11 is 0. The van der Waals surface area contributed by atoms with Crippen LogP contribution >= 0.6 is 0 Å². The Bertz CT molecular complexity index is 682. The molecule has 1 saturated carbocycles. The summed E-state index contributed by atoms with van der Waals surface area (Å²) in [5, 5.41) is 0. The van der Waals surface area contributed by atoms with Crippen LogP contribution in [0.3, 0.4) is 0 Å². The first kappa shape index (κ1) is 31.7. The van der Waals surface area contributed by atoms with E-state index in [1.807, 2.05) is 0 Å². The molecule has 0 aromatic carbocycles. The van der Waals surface area contributed by atoms with Gasteiger partial charge in [-0.05, 0) is 56.5 Å². The zero-order valence-electron chi connectivity index (χ0n) is 25.9. The third-order valence-electron chi connectivity index (χ3n) is 10.2. The van der Waals surface area contributed by atoms with Crippen LogP contribution in [0.15, 0.2) is 11.6 Å². The summed E-state index contributed by atoms with van der Waals surface area (Å²) in [5.41, 5.74) is 1.90. The minimum atomic E-state index is 0.0364. The van der Waals surface area contributed by atoms with Gasteiger partial charge in [0.05, 0.1) is 5.92 Å². The summed E-state index contributed by atoms with van der Waals surface area (Å²) < 4.78 is 6.10. The Morgan fingerprint density at radius 3 is 1.92 bits per heavy atom. The Balaban J connectivity index is 1.52. The maximum atomic E-state index is 13.2. The summed E-state index contributed by atoms with van der Waals surface area (Å²) in [6.45, 7) is 12.6. The SMILES string of the molecule is CCCCCCCCCCN(CCCCCCCCCC)C[C@H]1C(=O)O[C@@H]2C[C@@]3(C)CCC[C@H](C)C3=C[C@@H]21. The Kier molecular flexibility index (Phi) is 14.3. The number of ether oxygens (including phenoxy) is 1. The van der Waals surface area contributed by atoms with Gasteiger partial charge in [-0.15, -0.1) is 0 Å². The minimum absolute atomic E-state index is 0.0364. The molecule has 38 heavy (non-hydrogen) atoms. The van der Waals surface area contributed by atoms with Crippen LogP contribution in [0.1, 0.15) is 156 Å². The molecule has 0 radical (unpaired) electrons. The third kappa shape index (κ3) is 9.67. The Morgan fingerprint density at radius 2 is 1.37 bits per heavy atom. The summed E-state index contributed by atoms with van der Waals surface area (Å²) in [4.78, 5) is 15.8. The highest BCUT2D eigenvalue weighted by Crippen LogP contribution is 2.54. The molecule has 1 saturated heterocycles. The second-order valence-corrected chi connectivity index (χ2v) is 13.6. The van der Waals surface area contributed by atoms with Crippen LogP contribution in [0.25, 0.3) is 0 Å². The van der Waals surface area contributed by atoms with E-state index in [0.29, 0.717) is 11.8 Å². The van der Waals surface area contributed by atoms with Crippen molar-refractivity contribution in [3.8, 4) is 0 Å². The standard InChI is InChI=1S/C35H63NO2/c1-5-7-9-11-13-15-17-19-24-36(25-20-18-16-14-12-10-8-6-2)28-31-30-26-32-29(3)22-21-23-35(32,4)27-33(30)38-34(31)37/h26,29-31,33H,5-25,27-28H2,1-4H3/t29-,30+,31+,33+,35+/m0/s1. The van der Waals surface area contributed by atoms with Gasteiger partial charge in [0.25, 0.3) is 0 Å². The van der Waals surface area contributed by atoms with Crippen LogP contribution in [-0.4, -0.2) is 36.6 Å². The highest BCUT2D eigenvalue weighted by Gasteiger charge is 2.51. The topological polar surface area (TPSA) is 29.5 Å². The molecule has 0 N–H and O–H groups in total. The lowest BCUT2D eigenvalue weighted by Crippen LogP contribution is -2.41. The molecule has 0 spiro atoms. The van der Waals surface area contributed by atoms with Crippen LogP contribution in [0.5, 0.6) is 0 Å². The summed E-state index contributed by atoms with van der Waals surface area (Å²) in [6, 6.07) is 0. The normalized spacial score (nSPS) is 28.8. The summed E-state index contributed by atoms with van der Waals surface area (Å²) in [6.07, 6.45) is 29.4. The molecular formula is C35H63NO2. The molecule has 5 atom stereocenters. The fraction of sp³-hybridized carbons (Fsp3) is 0.914. The van der Waals surface area contributed by atoms with E-state index in [1.54, 1.807) is 5.57 Å². The molecular weight excluding hydrogens is 466 g/mol. The van der Waals surface area contributed by atoms with E-state index in [4.69, 9.17) is 4.74 Å². The number of rotatable bonds is 20. The zero-order valence-corrected chi connectivity index (χ0v) is 25.9. The number of nitrogens with zero attached hydrogens (tertiary/aromatic N) is 1. The Morgan fingerprint density at radius 1 is 0.842 bits per heavy atom. The molecule has 0 aromatic heterocycles. The number of esters is 1. The van der Waals surface area contributed by atoms with Crippen LogP contribution in [-0.2, 0) is 9.53 Å². The van der Waals surface area contributed by atoms with E-state index in [0.717, 1.165) is 26.1 Å². The van der Waals surface area contributed by atoms with E-state index in [9.17, 15) is 4.79 Å². The second-order valence-electron chi connectivity index (χ2n) is 13.6. The van der Waals surface area contributed by atoms with Crippen molar-refractivity contribution in [2.24, 2.45) is 23.2 Å².